The summed E-state index contributed by atoms with van der Waals surface area (Å²) in [7, 11) is 0. The first-order chi connectivity index (χ1) is 9.15. The Morgan fingerprint density at radius 2 is 2.16 bits per heavy atom. The summed E-state index contributed by atoms with van der Waals surface area (Å²) >= 11 is 1.62. The monoisotopic (exact) mass is 273 g/mol. The number of pyridine rings is 1. The molecule has 2 N–H and O–H groups in total. The summed E-state index contributed by atoms with van der Waals surface area (Å²) in [5, 5.41) is 9.23. The number of aromatic nitrogens is 3. The van der Waals surface area contributed by atoms with Gasteiger partial charge in [-0.1, -0.05) is 6.07 Å². The van der Waals surface area contributed by atoms with E-state index in [9.17, 15) is 9.59 Å². The van der Waals surface area contributed by atoms with E-state index >= 15 is 0 Å². The number of hydrogen-bond donors (Lipinski definition) is 2. The van der Waals surface area contributed by atoms with Crippen LogP contribution in [0.4, 0.5) is 0 Å². The first-order valence-electron chi connectivity index (χ1n) is 5.79. The number of H-pyrrole nitrogens is 2. The van der Waals surface area contributed by atoms with Crippen LogP contribution < -0.4 is 11.1 Å². The van der Waals surface area contributed by atoms with Gasteiger partial charge < -0.3 is 4.98 Å². The third-order valence-electron chi connectivity index (χ3n) is 2.92. The summed E-state index contributed by atoms with van der Waals surface area (Å²) in [6.07, 6.45) is 0.605. The van der Waals surface area contributed by atoms with Crippen molar-refractivity contribution in [3.63, 3.8) is 0 Å². The average Bonchev–Trinajstić information content (AvgIpc) is 2.85. The number of thiophene rings is 1. The highest BCUT2D eigenvalue weighted by Gasteiger charge is 2.11. The summed E-state index contributed by atoms with van der Waals surface area (Å²) in [6, 6.07) is 5.76. The minimum Gasteiger partial charge on any atom is -0.326 e. The standard InChI is InChI=1S/C13H11N3O2S/c1-7-5-9-10(6-8-3-2-4-19-8)15-16-13(18)11(9)12(17)14-7/h2-5H,6H2,1H3,(H,14,17)(H,16,18). The van der Waals surface area contributed by atoms with Crippen molar-refractivity contribution in [3.05, 3.63) is 60.6 Å². The lowest BCUT2D eigenvalue weighted by molar-refractivity contribution is 0.934. The van der Waals surface area contributed by atoms with Gasteiger partial charge in [0.1, 0.15) is 5.39 Å². The number of aryl methyl sites for hydroxylation is 1. The summed E-state index contributed by atoms with van der Waals surface area (Å²) in [5.41, 5.74) is 0.612. The van der Waals surface area contributed by atoms with E-state index in [0.29, 0.717) is 17.5 Å². The predicted octanol–water partition coefficient (Wildman–Crippen LogP) is 1.57. The molecule has 3 rings (SSSR count). The molecule has 0 amide bonds. The van der Waals surface area contributed by atoms with Gasteiger partial charge >= 0.3 is 0 Å². The fourth-order valence-electron chi connectivity index (χ4n) is 2.09. The molecule has 0 unspecified atom stereocenters. The van der Waals surface area contributed by atoms with E-state index in [2.05, 4.69) is 15.2 Å². The van der Waals surface area contributed by atoms with E-state index < -0.39 is 5.56 Å². The molecule has 96 valence electrons. The number of rotatable bonds is 2. The van der Waals surface area contributed by atoms with Gasteiger partial charge in [0.05, 0.1) is 5.69 Å². The third-order valence-corrected chi connectivity index (χ3v) is 3.80. The Hall–Kier alpha value is -2.21. The zero-order chi connectivity index (χ0) is 13.4. The molecule has 0 bridgehead atoms. The van der Waals surface area contributed by atoms with Crippen LogP contribution in [0.3, 0.4) is 0 Å². The molecule has 19 heavy (non-hydrogen) atoms. The first-order valence-corrected chi connectivity index (χ1v) is 6.66. The number of fused-ring (bicyclic) bond motifs is 1. The second-order valence-corrected chi connectivity index (χ2v) is 5.36. The fourth-order valence-corrected chi connectivity index (χ4v) is 2.80. The van der Waals surface area contributed by atoms with E-state index in [1.165, 1.54) is 0 Å². The van der Waals surface area contributed by atoms with Crippen LogP contribution in [0.5, 0.6) is 0 Å². The summed E-state index contributed by atoms with van der Waals surface area (Å²) < 4.78 is 0. The van der Waals surface area contributed by atoms with Crippen LogP contribution in [0.15, 0.2) is 33.2 Å². The number of aromatic amines is 2. The van der Waals surface area contributed by atoms with Crippen LogP contribution in [0.1, 0.15) is 16.3 Å². The minimum absolute atomic E-state index is 0.146. The Bertz CT molecular complexity index is 846. The zero-order valence-corrected chi connectivity index (χ0v) is 11.0. The predicted molar refractivity (Wildman–Crippen MR) is 74.8 cm³/mol. The van der Waals surface area contributed by atoms with Gasteiger partial charge in [0.15, 0.2) is 0 Å². The molecule has 3 aromatic heterocycles. The second-order valence-electron chi connectivity index (χ2n) is 4.33. The van der Waals surface area contributed by atoms with Crippen LogP contribution in [0, 0.1) is 6.92 Å². The van der Waals surface area contributed by atoms with Gasteiger partial charge in [0.25, 0.3) is 11.1 Å². The molecule has 0 fully saturated rings. The number of nitrogens with one attached hydrogen (secondary N) is 2. The highest BCUT2D eigenvalue weighted by atomic mass is 32.1. The highest BCUT2D eigenvalue weighted by Crippen LogP contribution is 2.17. The molecule has 3 aromatic rings. The van der Waals surface area contributed by atoms with E-state index in [1.54, 1.807) is 24.3 Å². The molecule has 0 aromatic carbocycles. The van der Waals surface area contributed by atoms with Crippen molar-refractivity contribution in [1.82, 2.24) is 15.2 Å². The average molecular weight is 273 g/mol. The molecular weight excluding hydrogens is 262 g/mol. The number of nitrogens with zero attached hydrogens (tertiary/aromatic N) is 1. The number of hydrogen-bond acceptors (Lipinski definition) is 4. The molecule has 0 aliphatic carbocycles. The fraction of sp³-hybridized carbons (Fsp3) is 0.154. The molecule has 0 radical (unpaired) electrons. The summed E-state index contributed by atoms with van der Waals surface area (Å²) in [5.74, 6) is 0. The lowest BCUT2D eigenvalue weighted by Gasteiger charge is -2.04. The Morgan fingerprint density at radius 1 is 1.32 bits per heavy atom. The molecular formula is C13H11N3O2S. The largest absolute Gasteiger partial charge is 0.326 e. The maximum absolute atomic E-state index is 11.9. The van der Waals surface area contributed by atoms with Crippen molar-refractivity contribution in [1.29, 1.82) is 0 Å². The molecule has 0 aliphatic heterocycles. The normalized spacial score (nSPS) is 11.0. The Morgan fingerprint density at radius 3 is 2.89 bits per heavy atom. The summed E-state index contributed by atoms with van der Waals surface area (Å²) in [4.78, 5) is 27.4. The zero-order valence-electron chi connectivity index (χ0n) is 10.2. The molecule has 0 saturated heterocycles. The highest BCUT2D eigenvalue weighted by molar-refractivity contribution is 7.09. The maximum Gasteiger partial charge on any atom is 0.277 e. The smallest absolute Gasteiger partial charge is 0.277 e. The van der Waals surface area contributed by atoms with Crippen molar-refractivity contribution in [2.75, 3.05) is 0 Å². The van der Waals surface area contributed by atoms with Gasteiger partial charge in [-0.15, -0.1) is 11.3 Å². The second kappa shape index (κ2) is 4.47. The van der Waals surface area contributed by atoms with E-state index in [4.69, 9.17) is 0 Å². The summed E-state index contributed by atoms with van der Waals surface area (Å²) in [6.45, 7) is 1.79. The minimum atomic E-state index is -0.453. The van der Waals surface area contributed by atoms with Gasteiger partial charge in [-0.25, -0.2) is 5.10 Å². The van der Waals surface area contributed by atoms with Crippen molar-refractivity contribution in [2.24, 2.45) is 0 Å². The molecule has 0 saturated carbocycles. The van der Waals surface area contributed by atoms with Crippen molar-refractivity contribution in [2.45, 2.75) is 13.3 Å². The molecule has 6 heteroatoms. The van der Waals surface area contributed by atoms with Crippen LogP contribution in [0.2, 0.25) is 0 Å². The Balaban J connectivity index is 2.29. The lowest BCUT2D eigenvalue weighted by Crippen LogP contribution is -2.21. The van der Waals surface area contributed by atoms with Gasteiger partial charge in [-0.2, -0.15) is 5.10 Å². The lowest BCUT2D eigenvalue weighted by atomic mass is 10.1. The topological polar surface area (TPSA) is 78.6 Å². The molecule has 0 aliphatic rings. The Labute approximate surface area is 111 Å². The van der Waals surface area contributed by atoms with Crippen molar-refractivity contribution in [3.8, 4) is 0 Å². The van der Waals surface area contributed by atoms with E-state index in [-0.39, 0.29) is 10.9 Å². The van der Waals surface area contributed by atoms with Crippen molar-refractivity contribution < 1.29 is 0 Å². The Kier molecular flexibility index (Phi) is 2.79. The molecule has 0 atom stereocenters. The van der Waals surface area contributed by atoms with Crippen LogP contribution >= 0.6 is 11.3 Å². The van der Waals surface area contributed by atoms with E-state index in [1.807, 2.05) is 17.5 Å². The molecule has 5 nitrogen and oxygen atoms in total. The van der Waals surface area contributed by atoms with Crippen LogP contribution in [-0.2, 0) is 6.42 Å². The third kappa shape index (κ3) is 2.10. The van der Waals surface area contributed by atoms with Crippen LogP contribution in [0.25, 0.3) is 10.8 Å². The van der Waals surface area contributed by atoms with Gasteiger partial charge in [-0.05, 0) is 24.4 Å². The molecule has 0 spiro atoms. The van der Waals surface area contributed by atoms with Crippen LogP contribution in [-0.4, -0.2) is 15.2 Å². The van der Waals surface area contributed by atoms with Gasteiger partial charge in [0.2, 0.25) is 0 Å². The maximum atomic E-state index is 11.9. The first kappa shape index (κ1) is 11.9. The molecule has 3 heterocycles. The van der Waals surface area contributed by atoms with Gasteiger partial charge in [0, 0.05) is 22.4 Å². The van der Waals surface area contributed by atoms with E-state index in [0.717, 1.165) is 10.6 Å². The van der Waals surface area contributed by atoms with Gasteiger partial charge in [-0.3, -0.25) is 9.59 Å². The quantitative estimate of drug-likeness (QED) is 0.744. The SMILES string of the molecule is Cc1cc2c(Cc3cccs3)n[nH]c(=O)c2c(=O)[nH]1. The van der Waals surface area contributed by atoms with Crippen molar-refractivity contribution >= 4 is 22.1 Å².